The van der Waals surface area contributed by atoms with E-state index in [1.807, 2.05) is 0 Å². The number of carbonyl (C=O) groups excluding carboxylic acids is 1. The van der Waals surface area contributed by atoms with Crippen molar-refractivity contribution in [2.75, 3.05) is 44.0 Å². The van der Waals surface area contributed by atoms with Crippen molar-refractivity contribution >= 4 is 17.4 Å². The molecule has 1 aromatic heterocycles. The first-order chi connectivity index (χ1) is 14.6. The minimum Gasteiger partial charge on any atom is -0.385 e. The fourth-order valence-electron chi connectivity index (χ4n) is 2.90. The molecule has 1 heterocycles. The Hall–Kier alpha value is -3.28. The minimum atomic E-state index is -4.57. The van der Waals surface area contributed by atoms with Crippen LogP contribution in [0.4, 0.5) is 24.7 Å². The van der Waals surface area contributed by atoms with Crippen molar-refractivity contribution in [2.24, 2.45) is 0 Å². The highest BCUT2D eigenvalue weighted by Gasteiger charge is 2.28. The second-order valence-electron chi connectivity index (χ2n) is 6.72. The lowest BCUT2D eigenvalue weighted by Gasteiger charge is -2.26. The van der Waals surface area contributed by atoms with Gasteiger partial charge in [-0.15, -0.1) is 0 Å². The summed E-state index contributed by atoms with van der Waals surface area (Å²) in [7, 11) is 1.46. The second kappa shape index (κ2) is 10.7. The van der Waals surface area contributed by atoms with E-state index in [1.165, 1.54) is 12.0 Å². The molecule has 4 N–H and O–H groups in total. The fourth-order valence-corrected chi connectivity index (χ4v) is 2.90. The number of benzene rings is 1. The summed E-state index contributed by atoms with van der Waals surface area (Å²) in [6.07, 6.45) is -4.21. The summed E-state index contributed by atoms with van der Waals surface area (Å²) in [6.45, 7) is -1.64. The van der Waals surface area contributed by atoms with Gasteiger partial charge in [0.1, 0.15) is 18.1 Å². The van der Waals surface area contributed by atoms with E-state index >= 15 is 0 Å². The van der Waals surface area contributed by atoms with Crippen LogP contribution in [0.3, 0.4) is 0 Å². The predicted octanol–water partition coefficient (Wildman–Crippen LogP) is 0.688. The first-order valence-corrected chi connectivity index (χ1v) is 9.36. The minimum absolute atomic E-state index is 0.0570. The predicted molar refractivity (Wildman–Crippen MR) is 109 cm³/mol. The van der Waals surface area contributed by atoms with Crippen molar-refractivity contribution in [1.82, 2.24) is 14.9 Å². The van der Waals surface area contributed by atoms with Gasteiger partial charge in [0.15, 0.2) is 0 Å². The molecule has 1 amide bonds. The van der Waals surface area contributed by atoms with E-state index in [-0.39, 0.29) is 31.2 Å². The quantitative estimate of drug-likeness (QED) is 0.465. The van der Waals surface area contributed by atoms with Gasteiger partial charge >= 0.3 is 11.9 Å². The van der Waals surface area contributed by atoms with Gasteiger partial charge in [-0.25, -0.2) is 4.79 Å². The van der Waals surface area contributed by atoms with Gasteiger partial charge in [-0.05, 0) is 12.0 Å². The van der Waals surface area contributed by atoms with Crippen molar-refractivity contribution in [3.8, 4) is 0 Å². The summed E-state index contributed by atoms with van der Waals surface area (Å²) >= 11 is 0. The summed E-state index contributed by atoms with van der Waals surface area (Å²) in [6, 6.07) is 8.86. The smallest absolute Gasteiger partial charge is 0.385 e. The SMILES string of the molecule is COCCCN(CC(=O)NCC(F)(F)F)c1c(N)n(Cc2ccccc2)c(=O)[nH]c1=O. The molecule has 0 aliphatic rings. The molecule has 0 atom stereocenters. The van der Waals surface area contributed by atoms with Crippen LogP contribution in [0, 0.1) is 0 Å². The number of H-pyrrole nitrogens is 1. The van der Waals surface area contributed by atoms with Gasteiger partial charge < -0.3 is 20.7 Å². The number of ether oxygens (including phenoxy) is 1. The lowest BCUT2D eigenvalue weighted by atomic mass is 10.2. The molecule has 0 fully saturated rings. The summed E-state index contributed by atoms with van der Waals surface area (Å²) in [5.74, 6) is -1.15. The van der Waals surface area contributed by atoms with Crippen molar-refractivity contribution in [3.05, 3.63) is 56.7 Å². The Morgan fingerprint density at radius 3 is 2.55 bits per heavy atom. The summed E-state index contributed by atoms with van der Waals surface area (Å²) in [4.78, 5) is 40.3. The van der Waals surface area contributed by atoms with Crippen LogP contribution in [0.1, 0.15) is 12.0 Å². The van der Waals surface area contributed by atoms with Crippen LogP contribution in [0.2, 0.25) is 0 Å². The highest BCUT2D eigenvalue weighted by atomic mass is 19.4. The molecular formula is C19H24F3N5O4. The summed E-state index contributed by atoms with van der Waals surface area (Å²) in [5, 5.41) is 1.76. The summed E-state index contributed by atoms with van der Waals surface area (Å²) in [5.41, 5.74) is 5.10. The van der Waals surface area contributed by atoms with Gasteiger partial charge in [-0.2, -0.15) is 13.2 Å². The number of hydrogen-bond acceptors (Lipinski definition) is 6. The molecule has 0 radical (unpaired) electrons. The van der Waals surface area contributed by atoms with Crippen molar-refractivity contribution in [3.63, 3.8) is 0 Å². The molecule has 0 bridgehead atoms. The number of nitrogens with two attached hydrogens (primary N) is 1. The third-order valence-corrected chi connectivity index (χ3v) is 4.31. The molecule has 0 spiro atoms. The Labute approximate surface area is 175 Å². The van der Waals surface area contributed by atoms with E-state index in [2.05, 4.69) is 4.98 Å². The Morgan fingerprint density at radius 2 is 1.94 bits per heavy atom. The van der Waals surface area contributed by atoms with Crippen molar-refractivity contribution in [2.45, 2.75) is 19.1 Å². The molecule has 12 heteroatoms. The van der Waals surface area contributed by atoms with Crippen LogP contribution in [0.15, 0.2) is 39.9 Å². The number of methoxy groups -OCH3 is 1. The molecule has 2 aromatic rings. The molecule has 1 aromatic carbocycles. The molecule has 2 rings (SSSR count). The van der Waals surface area contributed by atoms with Crippen LogP contribution in [0.25, 0.3) is 0 Å². The average molecular weight is 443 g/mol. The topological polar surface area (TPSA) is 122 Å². The van der Waals surface area contributed by atoms with E-state index < -0.39 is 36.4 Å². The average Bonchev–Trinajstić information content (AvgIpc) is 2.70. The molecule has 0 saturated carbocycles. The maximum Gasteiger partial charge on any atom is 0.405 e. The van der Waals surface area contributed by atoms with E-state index in [0.717, 1.165) is 10.1 Å². The maximum absolute atomic E-state index is 12.5. The lowest BCUT2D eigenvalue weighted by molar-refractivity contribution is -0.137. The Balaban J connectivity index is 2.37. The molecule has 9 nitrogen and oxygen atoms in total. The number of alkyl halides is 3. The number of aromatic nitrogens is 2. The number of carbonyl (C=O) groups is 1. The van der Waals surface area contributed by atoms with E-state index in [0.29, 0.717) is 6.42 Å². The number of anilines is 2. The van der Waals surface area contributed by atoms with Crippen LogP contribution >= 0.6 is 0 Å². The van der Waals surface area contributed by atoms with Gasteiger partial charge in [0, 0.05) is 20.3 Å². The number of nitrogens with one attached hydrogen (secondary N) is 2. The number of hydrogen-bond donors (Lipinski definition) is 3. The highest BCUT2D eigenvalue weighted by Crippen LogP contribution is 2.18. The standard InChI is InChI=1S/C19H24F3N5O4/c1-31-9-5-8-26(11-14(28)24-12-19(20,21)22)15-16(23)27(18(30)25-17(15)29)10-13-6-3-2-4-7-13/h2-4,6-7H,5,8-12,23H2,1H3,(H,24,28)(H,25,29,30). The van der Waals surface area contributed by atoms with E-state index in [1.54, 1.807) is 35.6 Å². The Kier molecular flexibility index (Phi) is 8.25. The zero-order valence-corrected chi connectivity index (χ0v) is 16.9. The molecular weight excluding hydrogens is 419 g/mol. The number of halogens is 3. The fraction of sp³-hybridized carbons (Fsp3) is 0.421. The van der Waals surface area contributed by atoms with Gasteiger partial charge in [0.25, 0.3) is 5.56 Å². The first-order valence-electron chi connectivity index (χ1n) is 9.36. The number of amides is 1. The van der Waals surface area contributed by atoms with Gasteiger partial charge in [0.2, 0.25) is 5.91 Å². The van der Waals surface area contributed by atoms with Crippen LogP contribution < -0.4 is 27.2 Å². The zero-order valence-electron chi connectivity index (χ0n) is 16.9. The van der Waals surface area contributed by atoms with Crippen LogP contribution in [-0.4, -0.2) is 55.0 Å². The van der Waals surface area contributed by atoms with Crippen LogP contribution in [-0.2, 0) is 16.1 Å². The van der Waals surface area contributed by atoms with E-state index in [4.69, 9.17) is 10.5 Å². The number of nitrogen functional groups attached to an aromatic ring is 1. The number of rotatable bonds is 10. The Morgan fingerprint density at radius 1 is 1.26 bits per heavy atom. The number of aromatic amines is 1. The highest BCUT2D eigenvalue weighted by molar-refractivity contribution is 5.82. The Bertz CT molecular complexity index is 989. The van der Waals surface area contributed by atoms with E-state index in [9.17, 15) is 27.6 Å². The first kappa shape index (κ1) is 24.0. The van der Waals surface area contributed by atoms with Gasteiger partial charge in [-0.1, -0.05) is 30.3 Å². The lowest BCUT2D eigenvalue weighted by Crippen LogP contribution is -2.45. The largest absolute Gasteiger partial charge is 0.405 e. The second-order valence-corrected chi connectivity index (χ2v) is 6.72. The molecule has 0 saturated heterocycles. The molecule has 170 valence electrons. The van der Waals surface area contributed by atoms with Gasteiger partial charge in [-0.3, -0.25) is 19.1 Å². The zero-order chi connectivity index (χ0) is 23.0. The normalized spacial score (nSPS) is 11.4. The number of nitrogens with zero attached hydrogens (tertiary/aromatic N) is 2. The molecule has 0 unspecified atom stereocenters. The van der Waals surface area contributed by atoms with Gasteiger partial charge in [0.05, 0.1) is 13.1 Å². The third kappa shape index (κ3) is 7.17. The summed E-state index contributed by atoms with van der Waals surface area (Å²) < 4.78 is 43.3. The molecule has 0 aliphatic carbocycles. The maximum atomic E-state index is 12.5. The van der Waals surface area contributed by atoms with Crippen LogP contribution in [0.5, 0.6) is 0 Å². The van der Waals surface area contributed by atoms with Crippen molar-refractivity contribution in [1.29, 1.82) is 0 Å². The monoisotopic (exact) mass is 443 g/mol. The molecule has 31 heavy (non-hydrogen) atoms. The third-order valence-electron chi connectivity index (χ3n) is 4.31. The van der Waals surface area contributed by atoms with Crippen molar-refractivity contribution < 1.29 is 22.7 Å². The molecule has 0 aliphatic heterocycles.